The van der Waals surface area contributed by atoms with Gasteiger partial charge >= 0.3 is 0 Å². The Balaban J connectivity index is 2.30. The quantitative estimate of drug-likeness (QED) is 0.677. The number of fused-ring (bicyclic) bond motifs is 1. The van der Waals surface area contributed by atoms with E-state index in [9.17, 15) is 4.39 Å². The topological polar surface area (TPSA) is 27.1 Å². The van der Waals surface area contributed by atoms with Crippen LogP contribution in [-0.2, 0) is 5.88 Å². The average molecular weight is 305 g/mol. The van der Waals surface area contributed by atoms with Gasteiger partial charge in [0.15, 0.2) is 0 Å². The Bertz CT molecular complexity index is 813. The van der Waals surface area contributed by atoms with Crippen LogP contribution in [0.5, 0.6) is 5.75 Å². The fraction of sp³-hybridized carbons (Fsp3) is 0.188. The van der Waals surface area contributed by atoms with Crippen molar-refractivity contribution in [1.29, 1.82) is 0 Å². The first-order valence-electron chi connectivity index (χ1n) is 6.52. The van der Waals surface area contributed by atoms with E-state index in [1.54, 1.807) is 20.1 Å². The first-order valence-corrected chi connectivity index (χ1v) is 7.05. The number of ether oxygens (including phenoxy) is 1. The van der Waals surface area contributed by atoms with Gasteiger partial charge in [-0.05, 0) is 36.8 Å². The van der Waals surface area contributed by atoms with Crippen molar-refractivity contribution in [3.63, 3.8) is 0 Å². The minimum Gasteiger partial charge on any atom is -0.497 e. The standard InChI is InChI=1S/C16H14ClFN2O/c1-10-3-4-11(7-13(10)18)20-15-8-12(21-2)5-6-14(15)19-16(20)9-17/h3-8H,9H2,1-2H3. The molecule has 0 amide bonds. The maximum atomic E-state index is 13.9. The van der Waals surface area contributed by atoms with Crippen molar-refractivity contribution in [2.75, 3.05) is 7.11 Å². The van der Waals surface area contributed by atoms with Gasteiger partial charge in [0.1, 0.15) is 17.4 Å². The molecule has 1 aromatic heterocycles. The number of imidazole rings is 1. The van der Waals surface area contributed by atoms with E-state index < -0.39 is 0 Å². The predicted molar refractivity (Wildman–Crippen MR) is 81.9 cm³/mol. The number of hydrogen-bond acceptors (Lipinski definition) is 2. The van der Waals surface area contributed by atoms with E-state index in [2.05, 4.69) is 4.98 Å². The van der Waals surface area contributed by atoms with Gasteiger partial charge in [0, 0.05) is 6.07 Å². The maximum Gasteiger partial charge on any atom is 0.129 e. The highest BCUT2D eigenvalue weighted by molar-refractivity contribution is 6.17. The fourth-order valence-corrected chi connectivity index (χ4v) is 2.51. The number of rotatable bonds is 3. The van der Waals surface area contributed by atoms with E-state index in [1.807, 2.05) is 28.8 Å². The summed E-state index contributed by atoms with van der Waals surface area (Å²) in [5, 5.41) is 0. The smallest absolute Gasteiger partial charge is 0.129 e. The molecule has 0 radical (unpaired) electrons. The van der Waals surface area contributed by atoms with Gasteiger partial charge in [-0.3, -0.25) is 4.57 Å². The third-order valence-electron chi connectivity index (χ3n) is 3.46. The lowest BCUT2D eigenvalue weighted by Crippen LogP contribution is -2.00. The van der Waals surface area contributed by atoms with Crippen LogP contribution in [0, 0.1) is 12.7 Å². The maximum absolute atomic E-state index is 13.9. The number of hydrogen-bond donors (Lipinski definition) is 0. The van der Waals surface area contributed by atoms with Gasteiger partial charge in [0.2, 0.25) is 0 Å². The molecule has 21 heavy (non-hydrogen) atoms. The van der Waals surface area contributed by atoms with Gasteiger partial charge in [-0.2, -0.15) is 0 Å². The molecule has 0 aliphatic heterocycles. The van der Waals surface area contributed by atoms with Crippen LogP contribution in [0.25, 0.3) is 16.7 Å². The molecule has 0 saturated carbocycles. The first kappa shape index (κ1) is 13.9. The lowest BCUT2D eigenvalue weighted by molar-refractivity contribution is 0.415. The Labute approximate surface area is 126 Å². The summed E-state index contributed by atoms with van der Waals surface area (Å²) in [6.07, 6.45) is 0. The van der Waals surface area contributed by atoms with Crippen molar-refractivity contribution >= 4 is 22.6 Å². The van der Waals surface area contributed by atoms with Crippen LogP contribution in [0.4, 0.5) is 4.39 Å². The largest absolute Gasteiger partial charge is 0.497 e. The lowest BCUT2D eigenvalue weighted by atomic mass is 10.2. The van der Waals surface area contributed by atoms with Gasteiger partial charge in [-0.25, -0.2) is 9.37 Å². The van der Waals surface area contributed by atoms with Crippen LogP contribution in [-0.4, -0.2) is 16.7 Å². The summed E-state index contributed by atoms with van der Waals surface area (Å²) < 4.78 is 21.0. The summed E-state index contributed by atoms with van der Waals surface area (Å²) in [5.74, 6) is 1.38. The summed E-state index contributed by atoms with van der Waals surface area (Å²) >= 11 is 5.99. The summed E-state index contributed by atoms with van der Waals surface area (Å²) in [4.78, 5) is 4.49. The Morgan fingerprint density at radius 2 is 2.05 bits per heavy atom. The molecular weight excluding hydrogens is 291 g/mol. The molecule has 0 aliphatic rings. The molecule has 1 heterocycles. The molecule has 3 rings (SSSR count). The van der Waals surface area contributed by atoms with Gasteiger partial charge in [-0.15, -0.1) is 11.6 Å². The minimum atomic E-state index is -0.252. The fourth-order valence-electron chi connectivity index (χ4n) is 2.33. The second kappa shape index (κ2) is 5.37. The highest BCUT2D eigenvalue weighted by Gasteiger charge is 2.13. The third-order valence-corrected chi connectivity index (χ3v) is 3.70. The molecule has 3 nitrogen and oxygen atoms in total. The second-order valence-electron chi connectivity index (χ2n) is 4.79. The van der Waals surface area contributed by atoms with Crippen molar-refractivity contribution in [3.8, 4) is 11.4 Å². The molecule has 0 atom stereocenters. The molecular formula is C16H14ClFN2O. The molecule has 3 aromatic rings. The first-order chi connectivity index (χ1) is 10.1. The third kappa shape index (κ3) is 2.36. The highest BCUT2D eigenvalue weighted by atomic mass is 35.5. The van der Waals surface area contributed by atoms with Crippen LogP contribution in [0.2, 0.25) is 0 Å². The van der Waals surface area contributed by atoms with Gasteiger partial charge in [0.05, 0.1) is 29.7 Å². The van der Waals surface area contributed by atoms with Crippen molar-refractivity contribution in [2.45, 2.75) is 12.8 Å². The monoisotopic (exact) mass is 304 g/mol. The molecule has 108 valence electrons. The van der Waals surface area contributed by atoms with E-state index in [4.69, 9.17) is 16.3 Å². The number of methoxy groups -OCH3 is 1. The number of alkyl halides is 1. The number of halogens is 2. The van der Waals surface area contributed by atoms with Crippen molar-refractivity contribution in [3.05, 3.63) is 53.6 Å². The number of aryl methyl sites for hydroxylation is 1. The summed E-state index contributed by atoms with van der Waals surface area (Å²) in [6.45, 7) is 1.73. The molecule has 0 unspecified atom stereocenters. The number of nitrogens with zero attached hydrogens (tertiary/aromatic N) is 2. The zero-order chi connectivity index (χ0) is 15.0. The van der Waals surface area contributed by atoms with Gasteiger partial charge < -0.3 is 4.74 Å². The molecule has 2 aromatic carbocycles. The molecule has 0 aliphatic carbocycles. The van der Waals surface area contributed by atoms with E-state index in [0.717, 1.165) is 16.8 Å². The average Bonchev–Trinajstić information content (AvgIpc) is 2.87. The molecule has 0 saturated heterocycles. The normalized spacial score (nSPS) is 11.0. The predicted octanol–water partition coefficient (Wildman–Crippen LogP) is 4.22. The van der Waals surface area contributed by atoms with Gasteiger partial charge in [-0.1, -0.05) is 6.07 Å². The molecule has 5 heteroatoms. The van der Waals surface area contributed by atoms with Crippen LogP contribution in [0.1, 0.15) is 11.4 Å². The van der Waals surface area contributed by atoms with Crippen molar-refractivity contribution < 1.29 is 9.13 Å². The van der Waals surface area contributed by atoms with E-state index in [-0.39, 0.29) is 11.7 Å². The lowest BCUT2D eigenvalue weighted by Gasteiger charge is -2.09. The van der Waals surface area contributed by atoms with Crippen molar-refractivity contribution in [1.82, 2.24) is 9.55 Å². The van der Waals surface area contributed by atoms with Crippen LogP contribution in [0.3, 0.4) is 0 Å². The van der Waals surface area contributed by atoms with E-state index >= 15 is 0 Å². The van der Waals surface area contributed by atoms with Crippen LogP contribution in [0.15, 0.2) is 36.4 Å². The summed E-state index contributed by atoms with van der Waals surface area (Å²) in [5.41, 5.74) is 2.94. The highest BCUT2D eigenvalue weighted by Crippen LogP contribution is 2.27. The van der Waals surface area contributed by atoms with E-state index in [0.29, 0.717) is 17.1 Å². The Hall–Kier alpha value is -2.07. The van der Waals surface area contributed by atoms with Gasteiger partial charge in [0.25, 0.3) is 0 Å². The Morgan fingerprint density at radius 1 is 1.24 bits per heavy atom. The Morgan fingerprint density at radius 3 is 2.71 bits per heavy atom. The van der Waals surface area contributed by atoms with Crippen LogP contribution >= 0.6 is 11.6 Å². The summed E-state index contributed by atoms with van der Waals surface area (Å²) in [7, 11) is 1.61. The van der Waals surface area contributed by atoms with Crippen molar-refractivity contribution in [2.24, 2.45) is 0 Å². The molecule has 0 bridgehead atoms. The summed E-state index contributed by atoms with van der Waals surface area (Å²) in [6, 6.07) is 10.7. The van der Waals surface area contributed by atoms with E-state index in [1.165, 1.54) is 6.07 Å². The minimum absolute atomic E-state index is 0.243. The zero-order valence-corrected chi connectivity index (χ0v) is 12.5. The number of aromatic nitrogens is 2. The van der Waals surface area contributed by atoms with Crippen LogP contribution < -0.4 is 4.74 Å². The molecule has 0 fully saturated rings. The Kier molecular flexibility index (Phi) is 3.55. The number of benzene rings is 2. The zero-order valence-electron chi connectivity index (χ0n) is 11.7. The molecule has 0 N–H and O–H groups in total. The molecule has 0 spiro atoms. The SMILES string of the molecule is COc1ccc2nc(CCl)n(-c3ccc(C)c(F)c3)c2c1. The second-order valence-corrected chi connectivity index (χ2v) is 5.05.